The average Bonchev–Trinajstić information content (AvgIpc) is 2.74. The summed E-state index contributed by atoms with van der Waals surface area (Å²) in [5.74, 6) is 0.0554. The van der Waals surface area contributed by atoms with Crippen LogP contribution >= 0.6 is 11.8 Å². The summed E-state index contributed by atoms with van der Waals surface area (Å²) in [7, 11) is 0. The van der Waals surface area contributed by atoms with Crippen LogP contribution in [0.2, 0.25) is 0 Å². The first-order valence-corrected chi connectivity index (χ1v) is 6.20. The number of carbonyl (C=O) groups is 1. The number of fused-ring (bicyclic) bond motifs is 1. The predicted octanol–water partition coefficient (Wildman–Crippen LogP) is 1.86. The summed E-state index contributed by atoms with van der Waals surface area (Å²) in [5.41, 5.74) is 2.84. The molecule has 0 saturated heterocycles. The number of nitrogens with zero attached hydrogens (tertiary/aromatic N) is 1. The Morgan fingerprint density at radius 3 is 3.06 bits per heavy atom. The molecule has 16 heavy (non-hydrogen) atoms. The van der Waals surface area contributed by atoms with Crippen LogP contribution in [-0.4, -0.2) is 11.7 Å². The molecule has 0 radical (unpaired) electrons. The number of aryl methyl sites for hydroxylation is 2. The third-order valence-corrected chi connectivity index (χ3v) is 3.63. The van der Waals surface area contributed by atoms with Gasteiger partial charge in [-0.25, -0.2) is 0 Å². The fraction of sp³-hybridized carbons (Fsp3) is 0.333. The van der Waals surface area contributed by atoms with E-state index in [2.05, 4.69) is 23.5 Å². The summed E-state index contributed by atoms with van der Waals surface area (Å²) in [5, 5.41) is 10.4. The Balaban J connectivity index is 1.96. The van der Waals surface area contributed by atoms with E-state index in [0.29, 0.717) is 5.75 Å². The van der Waals surface area contributed by atoms with Crippen LogP contribution in [-0.2, 0) is 17.6 Å². The van der Waals surface area contributed by atoms with Gasteiger partial charge >= 0.3 is 0 Å². The van der Waals surface area contributed by atoms with Gasteiger partial charge in [0.05, 0.1) is 5.75 Å². The predicted molar refractivity (Wildman–Crippen MR) is 62.9 cm³/mol. The molecule has 4 heteroatoms. The van der Waals surface area contributed by atoms with E-state index in [9.17, 15) is 4.79 Å². The molecule has 0 bridgehead atoms. The van der Waals surface area contributed by atoms with Crippen molar-refractivity contribution >= 4 is 17.7 Å². The lowest BCUT2D eigenvalue weighted by Crippen LogP contribution is -2.19. The third-order valence-electron chi connectivity index (χ3n) is 2.64. The van der Waals surface area contributed by atoms with Crippen molar-refractivity contribution < 1.29 is 4.79 Å². The lowest BCUT2D eigenvalue weighted by Gasteiger charge is -2.03. The Hall–Kier alpha value is -1.47. The van der Waals surface area contributed by atoms with Gasteiger partial charge < -0.3 is 0 Å². The Kier molecular flexibility index (Phi) is 3.47. The zero-order valence-electron chi connectivity index (χ0n) is 8.82. The molecule has 2 rings (SSSR count). The molecule has 82 valence electrons. The molecule has 0 unspecified atom stereocenters. The Bertz CT molecular complexity index is 451. The minimum atomic E-state index is -0.243. The zero-order valence-corrected chi connectivity index (χ0v) is 9.64. The maximum absolute atomic E-state index is 11.1. The van der Waals surface area contributed by atoms with Gasteiger partial charge in [0, 0.05) is 4.90 Å². The lowest BCUT2D eigenvalue weighted by atomic mass is 10.1. The number of thioether (sulfide) groups is 1. The largest absolute Gasteiger partial charge is 0.273 e. The van der Waals surface area contributed by atoms with Gasteiger partial charge in [-0.3, -0.25) is 10.1 Å². The van der Waals surface area contributed by atoms with E-state index in [4.69, 9.17) is 5.26 Å². The van der Waals surface area contributed by atoms with Crippen LogP contribution in [0.4, 0.5) is 0 Å². The minimum Gasteiger partial charge on any atom is -0.273 e. The molecular weight excluding hydrogens is 220 g/mol. The van der Waals surface area contributed by atoms with Crippen LogP contribution in [0.5, 0.6) is 0 Å². The summed E-state index contributed by atoms with van der Waals surface area (Å²) >= 11 is 1.47. The quantitative estimate of drug-likeness (QED) is 0.491. The van der Waals surface area contributed by atoms with Gasteiger partial charge in [-0.2, -0.15) is 5.26 Å². The second kappa shape index (κ2) is 5.04. The number of carbonyl (C=O) groups excluding carboxylic acids is 1. The van der Waals surface area contributed by atoms with E-state index in [1.165, 1.54) is 35.7 Å². The first-order chi connectivity index (χ1) is 7.79. The van der Waals surface area contributed by atoms with Gasteiger partial charge in [0.2, 0.25) is 5.91 Å². The molecule has 0 aliphatic heterocycles. The minimum absolute atomic E-state index is 0.243. The number of nitriles is 1. The molecule has 1 aromatic carbocycles. The maximum atomic E-state index is 11.1. The number of rotatable bonds is 3. The zero-order chi connectivity index (χ0) is 11.4. The number of nitrogens with one attached hydrogen (secondary N) is 1. The third kappa shape index (κ3) is 2.56. The fourth-order valence-corrected chi connectivity index (χ4v) is 2.65. The van der Waals surface area contributed by atoms with Crippen molar-refractivity contribution in [3.63, 3.8) is 0 Å². The summed E-state index contributed by atoms with van der Waals surface area (Å²) in [6.45, 7) is 0. The van der Waals surface area contributed by atoms with E-state index in [-0.39, 0.29) is 5.91 Å². The molecule has 0 heterocycles. The number of benzene rings is 1. The van der Waals surface area contributed by atoms with E-state index >= 15 is 0 Å². The summed E-state index contributed by atoms with van der Waals surface area (Å²) in [6.07, 6.45) is 5.19. The number of amides is 1. The molecule has 1 aromatic rings. The highest BCUT2D eigenvalue weighted by Crippen LogP contribution is 2.27. The van der Waals surface area contributed by atoms with Crippen LogP contribution < -0.4 is 5.32 Å². The molecule has 3 nitrogen and oxygen atoms in total. The molecule has 0 spiro atoms. The van der Waals surface area contributed by atoms with Crippen LogP contribution in [0.25, 0.3) is 0 Å². The average molecular weight is 232 g/mol. The Morgan fingerprint density at radius 2 is 2.25 bits per heavy atom. The fourth-order valence-electron chi connectivity index (χ4n) is 1.89. The van der Waals surface area contributed by atoms with Gasteiger partial charge in [0.15, 0.2) is 6.19 Å². The molecule has 0 saturated carbocycles. The molecule has 1 aliphatic carbocycles. The van der Waals surface area contributed by atoms with Crippen molar-refractivity contribution in [3.8, 4) is 6.19 Å². The first-order valence-electron chi connectivity index (χ1n) is 5.22. The molecule has 1 amide bonds. The van der Waals surface area contributed by atoms with Gasteiger partial charge in [-0.1, -0.05) is 6.07 Å². The van der Waals surface area contributed by atoms with Crippen molar-refractivity contribution in [3.05, 3.63) is 29.3 Å². The van der Waals surface area contributed by atoms with Crippen molar-refractivity contribution in [1.82, 2.24) is 5.32 Å². The van der Waals surface area contributed by atoms with Gasteiger partial charge in [0.1, 0.15) is 0 Å². The monoisotopic (exact) mass is 232 g/mol. The van der Waals surface area contributed by atoms with Gasteiger partial charge in [0.25, 0.3) is 0 Å². The van der Waals surface area contributed by atoms with Crippen molar-refractivity contribution in [2.75, 3.05) is 5.75 Å². The van der Waals surface area contributed by atoms with Gasteiger partial charge in [-0.05, 0) is 42.5 Å². The second-order valence-corrected chi connectivity index (χ2v) is 4.78. The summed E-state index contributed by atoms with van der Waals surface area (Å²) in [6, 6.07) is 6.36. The molecule has 1 N–H and O–H groups in total. The molecule has 0 atom stereocenters. The van der Waals surface area contributed by atoms with Gasteiger partial charge in [-0.15, -0.1) is 11.8 Å². The highest BCUT2D eigenvalue weighted by atomic mass is 32.2. The summed E-state index contributed by atoms with van der Waals surface area (Å²) < 4.78 is 0. The molecular formula is C12H12N2OS. The highest BCUT2D eigenvalue weighted by molar-refractivity contribution is 8.00. The second-order valence-electron chi connectivity index (χ2n) is 3.73. The summed E-state index contributed by atoms with van der Waals surface area (Å²) in [4.78, 5) is 12.2. The Morgan fingerprint density at radius 1 is 1.44 bits per heavy atom. The molecule has 0 fully saturated rings. The van der Waals surface area contributed by atoms with Crippen molar-refractivity contribution in [2.24, 2.45) is 0 Å². The van der Waals surface area contributed by atoms with E-state index < -0.39 is 0 Å². The smallest absolute Gasteiger partial charge is 0.243 e. The van der Waals surface area contributed by atoms with Crippen molar-refractivity contribution in [2.45, 2.75) is 24.2 Å². The lowest BCUT2D eigenvalue weighted by molar-refractivity contribution is -0.117. The standard InChI is InChI=1S/C12H12N2OS/c13-8-14-12(15)7-16-11-5-4-9-2-1-3-10(9)6-11/h4-6H,1-3,7H2,(H,14,15). The normalized spacial score (nSPS) is 12.9. The van der Waals surface area contributed by atoms with E-state index in [1.807, 2.05) is 0 Å². The highest BCUT2D eigenvalue weighted by Gasteiger charge is 2.11. The topological polar surface area (TPSA) is 52.9 Å². The Labute approximate surface area is 98.8 Å². The van der Waals surface area contributed by atoms with Crippen LogP contribution in [0.1, 0.15) is 17.5 Å². The SMILES string of the molecule is N#CNC(=O)CSc1ccc2c(c1)CCC2. The van der Waals surface area contributed by atoms with E-state index in [0.717, 1.165) is 11.3 Å². The number of hydrogen-bond acceptors (Lipinski definition) is 3. The van der Waals surface area contributed by atoms with Crippen LogP contribution in [0, 0.1) is 11.5 Å². The first kappa shape index (κ1) is 11.0. The number of hydrogen-bond donors (Lipinski definition) is 1. The molecule has 0 aromatic heterocycles. The molecule has 1 aliphatic rings. The van der Waals surface area contributed by atoms with Crippen molar-refractivity contribution in [1.29, 1.82) is 5.26 Å². The van der Waals surface area contributed by atoms with E-state index in [1.54, 1.807) is 6.19 Å². The van der Waals surface area contributed by atoms with Crippen LogP contribution in [0.3, 0.4) is 0 Å². The maximum Gasteiger partial charge on any atom is 0.243 e. The van der Waals surface area contributed by atoms with Crippen LogP contribution in [0.15, 0.2) is 23.1 Å².